The van der Waals surface area contributed by atoms with Crippen LogP contribution in [0.1, 0.15) is 19.4 Å². The lowest BCUT2D eigenvalue weighted by Gasteiger charge is -2.19. The molecule has 1 unspecified atom stereocenters. The van der Waals surface area contributed by atoms with Crippen molar-refractivity contribution in [2.24, 2.45) is 5.92 Å². The van der Waals surface area contributed by atoms with Gasteiger partial charge in [0.2, 0.25) is 5.95 Å². The zero-order chi connectivity index (χ0) is 23.2. The lowest BCUT2D eigenvalue weighted by Crippen LogP contribution is -2.28. The van der Waals surface area contributed by atoms with Crippen LogP contribution in [0.5, 0.6) is 0 Å². The van der Waals surface area contributed by atoms with E-state index in [1.165, 1.54) is 17.7 Å². The summed E-state index contributed by atoms with van der Waals surface area (Å²) >= 11 is 0. The van der Waals surface area contributed by atoms with Crippen LogP contribution in [-0.2, 0) is 13.0 Å². The third kappa shape index (κ3) is 5.69. The number of halogens is 2. The Bertz CT molecular complexity index is 1260. The summed E-state index contributed by atoms with van der Waals surface area (Å²) in [5.74, 6) is 0.523. The zero-order valence-corrected chi connectivity index (χ0v) is 20.1. The van der Waals surface area contributed by atoms with Gasteiger partial charge in [0.05, 0.1) is 11.3 Å². The fraction of sp³-hybridized carbons (Fsp3) is 0.222. The molecule has 0 radical (unpaired) electrons. The molecule has 176 valence electrons. The molecule has 2 heterocycles. The van der Waals surface area contributed by atoms with E-state index in [1.54, 1.807) is 29.1 Å². The van der Waals surface area contributed by atoms with Gasteiger partial charge in [0.15, 0.2) is 0 Å². The van der Waals surface area contributed by atoms with E-state index in [2.05, 4.69) is 29.4 Å². The van der Waals surface area contributed by atoms with E-state index in [9.17, 15) is 9.18 Å². The highest BCUT2D eigenvalue weighted by molar-refractivity contribution is 5.85. The van der Waals surface area contributed by atoms with Crippen molar-refractivity contribution >= 4 is 18.4 Å². The Balaban J connectivity index is 0.00000324. The van der Waals surface area contributed by atoms with Gasteiger partial charge < -0.3 is 5.32 Å². The van der Waals surface area contributed by atoms with Gasteiger partial charge in [-0.2, -0.15) is 0 Å². The first-order valence-corrected chi connectivity index (χ1v) is 11.2. The summed E-state index contributed by atoms with van der Waals surface area (Å²) in [5.41, 5.74) is 3.53. The topological polar surface area (TPSA) is 59.8 Å². The minimum Gasteiger partial charge on any atom is -0.355 e. The summed E-state index contributed by atoms with van der Waals surface area (Å²) in [6, 6.07) is 19.9. The number of rotatable bonds is 8. The minimum atomic E-state index is -0.348. The maximum absolute atomic E-state index is 13.6. The van der Waals surface area contributed by atoms with Crippen LogP contribution in [0, 0.1) is 11.7 Å². The van der Waals surface area contributed by atoms with Gasteiger partial charge >= 0.3 is 0 Å². The Kier molecular flexibility index (Phi) is 8.55. The van der Waals surface area contributed by atoms with Gasteiger partial charge in [0.1, 0.15) is 5.82 Å². The number of benzene rings is 2. The van der Waals surface area contributed by atoms with E-state index in [0.717, 1.165) is 12.0 Å². The van der Waals surface area contributed by atoms with Gasteiger partial charge in [-0.15, -0.1) is 12.4 Å². The second-order valence-electron chi connectivity index (χ2n) is 8.13. The molecular formula is C27H28ClFN4O. The first-order valence-electron chi connectivity index (χ1n) is 11.2. The molecule has 0 aliphatic carbocycles. The summed E-state index contributed by atoms with van der Waals surface area (Å²) in [7, 11) is 0. The predicted molar refractivity (Wildman–Crippen MR) is 138 cm³/mol. The number of nitrogens with zero attached hydrogens (tertiary/aromatic N) is 3. The van der Waals surface area contributed by atoms with E-state index < -0.39 is 0 Å². The van der Waals surface area contributed by atoms with Gasteiger partial charge in [-0.3, -0.25) is 14.3 Å². The van der Waals surface area contributed by atoms with Gasteiger partial charge in [0.25, 0.3) is 5.56 Å². The van der Waals surface area contributed by atoms with Crippen molar-refractivity contribution in [3.05, 3.63) is 101 Å². The Morgan fingerprint density at radius 1 is 0.971 bits per heavy atom. The number of nitrogens with one attached hydrogen (secondary N) is 1. The molecule has 1 atom stereocenters. The van der Waals surface area contributed by atoms with E-state index in [-0.39, 0.29) is 23.8 Å². The highest BCUT2D eigenvalue weighted by Crippen LogP contribution is 2.29. The molecule has 0 spiro atoms. The Morgan fingerprint density at radius 2 is 1.65 bits per heavy atom. The van der Waals surface area contributed by atoms with Crippen molar-refractivity contribution < 1.29 is 4.39 Å². The van der Waals surface area contributed by atoms with Crippen LogP contribution in [0.3, 0.4) is 0 Å². The molecule has 0 aliphatic rings. The summed E-state index contributed by atoms with van der Waals surface area (Å²) in [4.78, 5) is 22.6. The van der Waals surface area contributed by atoms with Gasteiger partial charge in [-0.25, -0.2) is 9.37 Å². The third-order valence-corrected chi connectivity index (χ3v) is 5.61. The van der Waals surface area contributed by atoms with Crippen molar-refractivity contribution in [3.8, 4) is 22.4 Å². The van der Waals surface area contributed by atoms with Crippen LogP contribution in [0.2, 0.25) is 0 Å². The fourth-order valence-corrected chi connectivity index (χ4v) is 3.93. The minimum absolute atomic E-state index is 0. The van der Waals surface area contributed by atoms with Crippen molar-refractivity contribution in [2.75, 3.05) is 11.9 Å². The molecule has 2 aromatic heterocycles. The monoisotopic (exact) mass is 478 g/mol. The van der Waals surface area contributed by atoms with Crippen LogP contribution in [0.25, 0.3) is 22.4 Å². The van der Waals surface area contributed by atoms with Gasteiger partial charge in [0, 0.05) is 31.0 Å². The standard InChI is InChI=1S/C27H27FN4O.ClH/c1-3-32-26(33)24(21-9-11-23(28)12-10-21)25(22-13-15-29-16-14-22)31-27(32)30-18-19(2)17-20-7-5-4-6-8-20;/h4-16,19H,3,17-18H2,1-2H3,(H,30,31);1H. The molecule has 1 N–H and O–H groups in total. The quantitative estimate of drug-likeness (QED) is 0.345. The number of hydrogen-bond donors (Lipinski definition) is 1. The molecule has 0 aliphatic heterocycles. The summed E-state index contributed by atoms with van der Waals surface area (Å²) < 4.78 is 15.2. The van der Waals surface area contributed by atoms with Crippen LogP contribution in [0.4, 0.5) is 10.3 Å². The Labute approximate surface area is 205 Å². The molecule has 0 amide bonds. The smallest absolute Gasteiger partial charge is 0.263 e. The van der Waals surface area contributed by atoms with Crippen LogP contribution in [-0.4, -0.2) is 21.1 Å². The van der Waals surface area contributed by atoms with Crippen molar-refractivity contribution in [2.45, 2.75) is 26.8 Å². The van der Waals surface area contributed by atoms with Crippen LogP contribution >= 0.6 is 12.4 Å². The summed E-state index contributed by atoms with van der Waals surface area (Å²) in [6.07, 6.45) is 4.27. The average Bonchev–Trinajstić information content (AvgIpc) is 2.84. The largest absolute Gasteiger partial charge is 0.355 e. The maximum atomic E-state index is 13.6. The predicted octanol–water partition coefficient (Wildman–Crippen LogP) is 5.84. The van der Waals surface area contributed by atoms with E-state index >= 15 is 0 Å². The van der Waals surface area contributed by atoms with Gasteiger partial charge in [-0.1, -0.05) is 49.4 Å². The molecule has 2 aromatic carbocycles. The lowest BCUT2D eigenvalue weighted by atomic mass is 10.0. The van der Waals surface area contributed by atoms with Crippen molar-refractivity contribution in [3.63, 3.8) is 0 Å². The first kappa shape index (κ1) is 25.1. The lowest BCUT2D eigenvalue weighted by molar-refractivity contribution is 0.601. The highest BCUT2D eigenvalue weighted by atomic mass is 35.5. The van der Waals surface area contributed by atoms with E-state index in [0.29, 0.717) is 41.8 Å². The molecule has 34 heavy (non-hydrogen) atoms. The second-order valence-corrected chi connectivity index (χ2v) is 8.13. The van der Waals surface area contributed by atoms with Crippen molar-refractivity contribution in [1.82, 2.24) is 14.5 Å². The third-order valence-electron chi connectivity index (χ3n) is 5.61. The van der Waals surface area contributed by atoms with E-state index in [4.69, 9.17) is 4.98 Å². The Morgan fingerprint density at radius 3 is 2.29 bits per heavy atom. The molecule has 0 bridgehead atoms. The molecule has 4 rings (SSSR count). The fourth-order valence-electron chi connectivity index (χ4n) is 3.93. The maximum Gasteiger partial charge on any atom is 0.263 e. The number of anilines is 1. The zero-order valence-electron chi connectivity index (χ0n) is 19.2. The molecule has 0 fully saturated rings. The molecule has 0 saturated carbocycles. The second kappa shape index (κ2) is 11.6. The summed E-state index contributed by atoms with van der Waals surface area (Å²) in [6.45, 7) is 5.23. The number of aromatic nitrogens is 3. The molecule has 0 saturated heterocycles. The molecule has 4 aromatic rings. The Hall–Kier alpha value is -3.51. The highest BCUT2D eigenvalue weighted by Gasteiger charge is 2.19. The average molecular weight is 479 g/mol. The molecule has 7 heteroatoms. The summed E-state index contributed by atoms with van der Waals surface area (Å²) in [5, 5.41) is 3.40. The van der Waals surface area contributed by atoms with Crippen LogP contribution < -0.4 is 10.9 Å². The van der Waals surface area contributed by atoms with Crippen LogP contribution in [0.15, 0.2) is 83.9 Å². The van der Waals surface area contributed by atoms with Crippen molar-refractivity contribution in [1.29, 1.82) is 0 Å². The SMILES string of the molecule is CCn1c(NCC(C)Cc2ccccc2)nc(-c2ccncc2)c(-c2ccc(F)cc2)c1=O.Cl. The number of pyridine rings is 1. The van der Waals surface area contributed by atoms with Gasteiger partial charge in [-0.05, 0) is 54.7 Å². The normalized spacial score (nSPS) is 11.5. The molecular weight excluding hydrogens is 451 g/mol. The number of hydrogen-bond acceptors (Lipinski definition) is 4. The van der Waals surface area contributed by atoms with E-state index in [1.807, 2.05) is 37.3 Å². The molecule has 5 nitrogen and oxygen atoms in total. The first-order chi connectivity index (χ1) is 16.1.